The second-order valence-corrected chi connectivity index (χ2v) is 7.97. The molecule has 7 nitrogen and oxygen atoms in total. The maximum absolute atomic E-state index is 12.9. The van der Waals surface area contributed by atoms with Crippen molar-refractivity contribution >= 4 is 28.8 Å². The Morgan fingerprint density at radius 2 is 1.96 bits per heavy atom. The molecule has 8 heteroatoms. The highest BCUT2D eigenvalue weighted by Gasteiger charge is 2.31. The van der Waals surface area contributed by atoms with Crippen LogP contribution in [-0.2, 0) is 4.79 Å². The molecule has 1 atom stereocenters. The second kappa shape index (κ2) is 8.52. The smallest absolute Gasteiger partial charge is 0.269 e. The van der Waals surface area contributed by atoms with Crippen molar-refractivity contribution in [3.8, 4) is 0 Å². The summed E-state index contributed by atoms with van der Waals surface area (Å²) >= 11 is 1.43. The molecule has 0 radical (unpaired) electrons. The first-order chi connectivity index (χ1) is 13.4. The number of nitro benzene ring substituents is 1. The number of hydrogen-bond donors (Lipinski definition) is 0. The van der Waals surface area contributed by atoms with E-state index in [9.17, 15) is 19.7 Å². The molecule has 1 saturated heterocycles. The molecule has 0 aliphatic carbocycles. The fraction of sp³-hybridized carbons (Fsp3) is 0.400. The van der Waals surface area contributed by atoms with Crippen molar-refractivity contribution in [3.05, 3.63) is 62.3 Å². The summed E-state index contributed by atoms with van der Waals surface area (Å²) in [6.45, 7) is 2.99. The predicted molar refractivity (Wildman–Crippen MR) is 107 cm³/mol. The number of thiophene rings is 1. The van der Waals surface area contributed by atoms with Crippen molar-refractivity contribution in [2.45, 2.75) is 25.8 Å². The molecule has 3 rings (SSSR count). The van der Waals surface area contributed by atoms with Gasteiger partial charge in [-0.05, 0) is 36.8 Å². The lowest BCUT2D eigenvalue weighted by molar-refractivity contribution is -0.384. The molecule has 148 valence electrons. The van der Waals surface area contributed by atoms with Gasteiger partial charge < -0.3 is 9.80 Å². The SMILES string of the molecule is C[C@H](c1cccc([N+](=O)[O-])c1)N(C)C(=O)C1CCN(C(=O)c2cccs2)CC1. The predicted octanol–water partition coefficient (Wildman–Crippen LogP) is 3.73. The van der Waals surface area contributed by atoms with Crippen LogP contribution in [0.4, 0.5) is 5.69 Å². The van der Waals surface area contributed by atoms with E-state index in [2.05, 4.69) is 0 Å². The quantitative estimate of drug-likeness (QED) is 0.564. The molecule has 1 fully saturated rings. The van der Waals surface area contributed by atoms with E-state index < -0.39 is 4.92 Å². The van der Waals surface area contributed by atoms with Gasteiger partial charge in [-0.25, -0.2) is 0 Å². The average Bonchev–Trinajstić information content (AvgIpc) is 3.26. The summed E-state index contributed by atoms with van der Waals surface area (Å²) in [6.07, 6.45) is 1.25. The largest absolute Gasteiger partial charge is 0.339 e. The Labute approximate surface area is 167 Å². The molecule has 0 bridgehead atoms. The number of nitro groups is 1. The lowest BCUT2D eigenvalue weighted by Crippen LogP contribution is -2.43. The fourth-order valence-electron chi connectivity index (χ4n) is 3.49. The van der Waals surface area contributed by atoms with Gasteiger partial charge in [-0.1, -0.05) is 18.2 Å². The topological polar surface area (TPSA) is 83.8 Å². The van der Waals surface area contributed by atoms with Crippen LogP contribution in [0.1, 0.15) is 41.0 Å². The van der Waals surface area contributed by atoms with Gasteiger partial charge in [-0.3, -0.25) is 19.7 Å². The highest BCUT2D eigenvalue weighted by molar-refractivity contribution is 7.12. The molecular weight excluding hydrogens is 378 g/mol. The molecule has 0 unspecified atom stereocenters. The van der Waals surface area contributed by atoms with E-state index in [1.54, 1.807) is 29.0 Å². The van der Waals surface area contributed by atoms with Crippen molar-refractivity contribution in [2.75, 3.05) is 20.1 Å². The number of benzene rings is 1. The standard InChI is InChI=1S/C20H23N3O4S/c1-14(16-5-3-6-17(13-16)23(26)27)21(2)19(24)15-8-10-22(11-9-15)20(25)18-7-4-12-28-18/h3-7,12-15H,8-11H2,1-2H3/t14-/m1/s1. The number of likely N-dealkylation sites (tertiary alicyclic amines) is 1. The molecule has 2 heterocycles. The number of non-ortho nitro benzene ring substituents is 1. The summed E-state index contributed by atoms with van der Waals surface area (Å²) < 4.78 is 0. The third-order valence-corrected chi connectivity index (χ3v) is 6.21. The van der Waals surface area contributed by atoms with Crippen LogP contribution >= 0.6 is 11.3 Å². The van der Waals surface area contributed by atoms with Gasteiger partial charge in [0.1, 0.15) is 0 Å². The second-order valence-electron chi connectivity index (χ2n) is 7.02. The van der Waals surface area contributed by atoms with Gasteiger partial charge in [0, 0.05) is 38.2 Å². The van der Waals surface area contributed by atoms with E-state index in [4.69, 9.17) is 0 Å². The minimum absolute atomic E-state index is 0.0160. The first kappa shape index (κ1) is 20.0. The van der Waals surface area contributed by atoms with Crippen LogP contribution in [-0.4, -0.2) is 46.7 Å². The fourth-order valence-corrected chi connectivity index (χ4v) is 4.18. The Morgan fingerprint density at radius 3 is 2.57 bits per heavy atom. The Balaban J connectivity index is 1.60. The minimum atomic E-state index is -0.432. The van der Waals surface area contributed by atoms with Crippen LogP contribution in [0, 0.1) is 16.0 Å². The van der Waals surface area contributed by atoms with Crippen LogP contribution in [0.5, 0.6) is 0 Å². The van der Waals surface area contributed by atoms with Gasteiger partial charge in [0.05, 0.1) is 15.8 Å². The minimum Gasteiger partial charge on any atom is -0.339 e. The van der Waals surface area contributed by atoms with Crippen molar-refractivity contribution in [2.24, 2.45) is 5.92 Å². The van der Waals surface area contributed by atoms with Gasteiger partial charge in [-0.2, -0.15) is 0 Å². The van der Waals surface area contributed by atoms with E-state index in [1.807, 2.05) is 24.4 Å². The zero-order valence-corrected chi connectivity index (χ0v) is 16.7. The summed E-state index contributed by atoms with van der Waals surface area (Å²) in [4.78, 5) is 40.1. The van der Waals surface area contributed by atoms with E-state index in [0.29, 0.717) is 25.9 Å². The van der Waals surface area contributed by atoms with Gasteiger partial charge in [-0.15, -0.1) is 11.3 Å². The van der Waals surface area contributed by atoms with Crippen molar-refractivity contribution in [3.63, 3.8) is 0 Å². The maximum Gasteiger partial charge on any atom is 0.269 e. The molecule has 0 spiro atoms. The van der Waals surface area contributed by atoms with Crippen molar-refractivity contribution in [1.29, 1.82) is 0 Å². The number of amides is 2. The molecule has 1 aliphatic rings. The first-order valence-electron chi connectivity index (χ1n) is 9.22. The van der Waals surface area contributed by atoms with Crippen molar-refractivity contribution < 1.29 is 14.5 Å². The highest BCUT2D eigenvalue weighted by Crippen LogP contribution is 2.27. The molecular formula is C20H23N3O4S. The molecule has 2 aromatic rings. The molecule has 1 aromatic heterocycles. The number of carbonyl (C=O) groups is 2. The lowest BCUT2D eigenvalue weighted by Gasteiger charge is -2.35. The number of carbonyl (C=O) groups excluding carboxylic acids is 2. The van der Waals surface area contributed by atoms with Crippen molar-refractivity contribution in [1.82, 2.24) is 9.80 Å². The maximum atomic E-state index is 12.9. The van der Waals surface area contributed by atoms with Crippen LogP contribution in [0.2, 0.25) is 0 Å². The number of piperidine rings is 1. The third kappa shape index (κ3) is 4.22. The third-order valence-electron chi connectivity index (χ3n) is 5.36. The first-order valence-corrected chi connectivity index (χ1v) is 10.1. The van der Waals surface area contributed by atoms with Gasteiger partial charge in [0.2, 0.25) is 5.91 Å². The van der Waals surface area contributed by atoms with E-state index >= 15 is 0 Å². The van der Waals surface area contributed by atoms with Crippen LogP contribution in [0.3, 0.4) is 0 Å². The lowest BCUT2D eigenvalue weighted by atomic mass is 9.94. The van der Waals surface area contributed by atoms with Gasteiger partial charge >= 0.3 is 0 Å². The molecule has 2 amide bonds. The summed E-state index contributed by atoms with van der Waals surface area (Å²) in [7, 11) is 1.73. The van der Waals surface area contributed by atoms with E-state index in [-0.39, 0.29) is 29.5 Å². The Bertz CT molecular complexity index is 860. The molecule has 0 saturated carbocycles. The molecule has 0 N–H and O–H groups in total. The number of rotatable bonds is 5. The summed E-state index contributed by atoms with van der Waals surface area (Å²) in [5.74, 6) is -0.0972. The normalized spacial score (nSPS) is 15.9. The molecule has 1 aromatic carbocycles. The number of nitrogens with zero attached hydrogens (tertiary/aromatic N) is 3. The highest BCUT2D eigenvalue weighted by atomic mass is 32.1. The number of hydrogen-bond acceptors (Lipinski definition) is 5. The zero-order valence-electron chi connectivity index (χ0n) is 15.9. The summed E-state index contributed by atoms with van der Waals surface area (Å²) in [5.41, 5.74) is 0.751. The van der Waals surface area contributed by atoms with Crippen LogP contribution in [0.15, 0.2) is 41.8 Å². The molecule has 1 aliphatic heterocycles. The van der Waals surface area contributed by atoms with E-state index in [0.717, 1.165) is 10.4 Å². The molecule has 28 heavy (non-hydrogen) atoms. The van der Waals surface area contributed by atoms with Crippen LogP contribution < -0.4 is 0 Å². The van der Waals surface area contributed by atoms with Crippen LogP contribution in [0.25, 0.3) is 0 Å². The van der Waals surface area contributed by atoms with Gasteiger partial charge in [0.15, 0.2) is 0 Å². The summed E-state index contributed by atoms with van der Waals surface area (Å²) in [5, 5.41) is 12.9. The summed E-state index contributed by atoms with van der Waals surface area (Å²) in [6, 6.07) is 9.80. The average molecular weight is 401 g/mol. The Hall–Kier alpha value is -2.74. The monoisotopic (exact) mass is 401 g/mol. The van der Waals surface area contributed by atoms with E-state index in [1.165, 1.54) is 23.5 Å². The zero-order chi connectivity index (χ0) is 20.3. The van der Waals surface area contributed by atoms with Gasteiger partial charge in [0.25, 0.3) is 11.6 Å². The Morgan fingerprint density at radius 1 is 1.25 bits per heavy atom. The Kier molecular flexibility index (Phi) is 6.08.